The molecule has 0 amide bonds. The zero-order valence-electron chi connectivity index (χ0n) is 8.47. The molecule has 1 aromatic rings. The SMILES string of the molecule is BrCC1(Cc2coc(Br)c2)CCCCO1. The van der Waals surface area contributed by atoms with E-state index in [0.29, 0.717) is 0 Å². The van der Waals surface area contributed by atoms with Gasteiger partial charge in [-0.1, -0.05) is 15.9 Å². The highest BCUT2D eigenvalue weighted by molar-refractivity contribution is 9.10. The van der Waals surface area contributed by atoms with Crippen LogP contribution in [0.15, 0.2) is 21.4 Å². The van der Waals surface area contributed by atoms with E-state index in [9.17, 15) is 0 Å². The fourth-order valence-electron chi connectivity index (χ4n) is 2.01. The average molecular weight is 338 g/mol. The number of ether oxygens (including phenoxy) is 1. The molecule has 4 heteroatoms. The highest BCUT2D eigenvalue weighted by Gasteiger charge is 2.32. The molecular weight excluding hydrogens is 324 g/mol. The van der Waals surface area contributed by atoms with Crippen LogP contribution in [0, 0.1) is 0 Å². The van der Waals surface area contributed by atoms with Crippen LogP contribution in [0.3, 0.4) is 0 Å². The molecule has 1 atom stereocenters. The maximum absolute atomic E-state index is 5.92. The predicted octanol–water partition coefficient (Wildman–Crippen LogP) is 3.92. The molecule has 0 saturated carbocycles. The lowest BCUT2D eigenvalue weighted by Gasteiger charge is -2.35. The Kier molecular flexibility index (Phi) is 3.91. The molecule has 15 heavy (non-hydrogen) atoms. The van der Waals surface area contributed by atoms with Gasteiger partial charge in [0.2, 0.25) is 0 Å². The Hall–Kier alpha value is 0.200. The summed E-state index contributed by atoms with van der Waals surface area (Å²) in [6, 6.07) is 2.02. The largest absolute Gasteiger partial charge is 0.457 e. The van der Waals surface area contributed by atoms with Gasteiger partial charge >= 0.3 is 0 Å². The van der Waals surface area contributed by atoms with Crippen molar-refractivity contribution in [2.24, 2.45) is 0 Å². The van der Waals surface area contributed by atoms with Gasteiger partial charge in [-0.25, -0.2) is 0 Å². The van der Waals surface area contributed by atoms with Crippen molar-refractivity contribution in [1.29, 1.82) is 0 Å². The highest BCUT2D eigenvalue weighted by atomic mass is 79.9. The van der Waals surface area contributed by atoms with Crippen molar-refractivity contribution in [3.05, 3.63) is 22.6 Å². The monoisotopic (exact) mass is 336 g/mol. The van der Waals surface area contributed by atoms with Gasteiger partial charge in [0.25, 0.3) is 0 Å². The number of hydrogen-bond donors (Lipinski definition) is 0. The summed E-state index contributed by atoms with van der Waals surface area (Å²) in [5, 5.41) is 0.892. The molecule has 0 aliphatic carbocycles. The minimum atomic E-state index is -0.0262. The smallest absolute Gasteiger partial charge is 0.169 e. The molecule has 2 nitrogen and oxygen atoms in total. The Labute approximate surface area is 107 Å². The Balaban J connectivity index is 2.06. The topological polar surface area (TPSA) is 22.4 Å². The van der Waals surface area contributed by atoms with Crippen LogP contribution in [0.5, 0.6) is 0 Å². The fourth-order valence-corrected chi connectivity index (χ4v) is 3.04. The van der Waals surface area contributed by atoms with Gasteiger partial charge in [0.15, 0.2) is 4.67 Å². The van der Waals surface area contributed by atoms with Crippen molar-refractivity contribution in [2.45, 2.75) is 31.3 Å². The third-order valence-electron chi connectivity index (χ3n) is 2.83. The van der Waals surface area contributed by atoms with Gasteiger partial charge in [0, 0.05) is 18.4 Å². The summed E-state index contributed by atoms with van der Waals surface area (Å²) >= 11 is 6.88. The maximum atomic E-state index is 5.92. The lowest BCUT2D eigenvalue weighted by molar-refractivity contribution is -0.0598. The molecular formula is C11H14Br2O2. The Morgan fingerprint density at radius 1 is 1.40 bits per heavy atom. The van der Waals surface area contributed by atoms with E-state index in [1.807, 2.05) is 6.07 Å². The van der Waals surface area contributed by atoms with Gasteiger partial charge in [-0.15, -0.1) is 0 Å². The first-order chi connectivity index (χ1) is 7.24. The van der Waals surface area contributed by atoms with Crippen LogP contribution >= 0.6 is 31.9 Å². The molecule has 2 heterocycles. The molecule has 0 radical (unpaired) electrons. The van der Waals surface area contributed by atoms with E-state index in [1.54, 1.807) is 6.26 Å². The standard InChI is InChI=1S/C11H14Br2O2/c12-8-11(3-1-2-4-15-11)6-9-5-10(13)14-7-9/h5,7H,1-4,6,8H2. The van der Waals surface area contributed by atoms with Crippen molar-refractivity contribution < 1.29 is 9.15 Å². The molecule has 1 unspecified atom stereocenters. The number of hydrogen-bond acceptors (Lipinski definition) is 2. The van der Waals surface area contributed by atoms with Crippen molar-refractivity contribution in [1.82, 2.24) is 0 Å². The summed E-state index contributed by atoms with van der Waals surface area (Å²) in [6.45, 7) is 0.880. The minimum absolute atomic E-state index is 0.0262. The molecule has 0 spiro atoms. The second-order valence-corrected chi connectivity index (χ2v) is 5.40. The average Bonchev–Trinajstić information content (AvgIpc) is 2.65. The second-order valence-electron chi connectivity index (χ2n) is 4.06. The van der Waals surface area contributed by atoms with Crippen LogP contribution in [-0.2, 0) is 11.2 Å². The second kappa shape index (κ2) is 5.02. The number of halogens is 2. The zero-order valence-corrected chi connectivity index (χ0v) is 11.6. The van der Waals surface area contributed by atoms with Crippen molar-refractivity contribution in [3.8, 4) is 0 Å². The predicted molar refractivity (Wildman–Crippen MR) is 66.4 cm³/mol. The van der Waals surface area contributed by atoms with E-state index >= 15 is 0 Å². The van der Waals surface area contributed by atoms with E-state index in [0.717, 1.165) is 29.4 Å². The van der Waals surface area contributed by atoms with E-state index in [4.69, 9.17) is 9.15 Å². The first-order valence-electron chi connectivity index (χ1n) is 5.17. The Morgan fingerprint density at radius 3 is 2.80 bits per heavy atom. The molecule has 1 saturated heterocycles. The summed E-state index contributed by atoms with van der Waals surface area (Å²) < 4.78 is 12.0. The number of alkyl halides is 1. The van der Waals surface area contributed by atoms with Crippen molar-refractivity contribution in [3.63, 3.8) is 0 Å². The molecule has 1 aliphatic rings. The van der Waals surface area contributed by atoms with Gasteiger partial charge < -0.3 is 9.15 Å². The lowest BCUT2D eigenvalue weighted by Crippen LogP contribution is -2.40. The van der Waals surface area contributed by atoms with Gasteiger partial charge in [0.05, 0.1) is 11.9 Å². The van der Waals surface area contributed by atoms with Gasteiger partial charge in [-0.3, -0.25) is 0 Å². The summed E-state index contributed by atoms with van der Waals surface area (Å²) in [7, 11) is 0. The molecule has 84 valence electrons. The van der Waals surface area contributed by atoms with E-state index in [2.05, 4.69) is 31.9 Å². The van der Waals surface area contributed by atoms with Crippen LogP contribution < -0.4 is 0 Å². The molecule has 0 aromatic carbocycles. The Bertz CT molecular complexity index is 316. The van der Waals surface area contributed by atoms with E-state index in [1.165, 1.54) is 18.4 Å². The third kappa shape index (κ3) is 2.86. The van der Waals surface area contributed by atoms with Crippen LogP contribution in [-0.4, -0.2) is 17.5 Å². The summed E-state index contributed by atoms with van der Waals surface area (Å²) in [5.74, 6) is 0. The van der Waals surface area contributed by atoms with Crippen LogP contribution in [0.1, 0.15) is 24.8 Å². The van der Waals surface area contributed by atoms with Crippen molar-refractivity contribution in [2.75, 3.05) is 11.9 Å². The zero-order chi connectivity index (χ0) is 10.7. The molecule has 1 aromatic heterocycles. The van der Waals surface area contributed by atoms with E-state index in [-0.39, 0.29) is 5.60 Å². The van der Waals surface area contributed by atoms with Crippen LogP contribution in [0.4, 0.5) is 0 Å². The number of furan rings is 1. The van der Waals surface area contributed by atoms with Crippen LogP contribution in [0.2, 0.25) is 0 Å². The minimum Gasteiger partial charge on any atom is -0.457 e. The number of rotatable bonds is 3. The third-order valence-corrected chi connectivity index (χ3v) is 4.26. The summed E-state index contributed by atoms with van der Waals surface area (Å²) in [5.41, 5.74) is 1.17. The fraction of sp³-hybridized carbons (Fsp3) is 0.636. The normalized spacial score (nSPS) is 26.8. The van der Waals surface area contributed by atoms with Gasteiger partial charge in [-0.2, -0.15) is 0 Å². The molecule has 1 fully saturated rings. The first kappa shape index (κ1) is 11.7. The first-order valence-corrected chi connectivity index (χ1v) is 7.08. The van der Waals surface area contributed by atoms with Gasteiger partial charge in [0.1, 0.15) is 0 Å². The van der Waals surface area contributed by atoms with E-state index < -0.39 is 0 Å². The Morgan fingerprint density at radius 2 is 2.27 bits per heavy atom. The molecule has 0 N–H and O–H groups in total. The van der Waals surface area contributed by atoms with Crippen molar-refractivity contribution >= 4 is 31.9 Å². The lowest BCUT2D eigenvalue weighted by atomic mass is 9.90. The quantitative estimate of drug-likeness (QED) is 0.780. The molecule has 0 bridgehead atoms. The molecule has 1 aliphatic heterocycles. The summed E-state index contributed by atoms with van der Waals surface area (Å²) in [6.07, 6.45) is 6.29. The molecule has 2 rings (SSSR count). The summed E-state index contributed by atoms with van der Waals surface area (Å²) in [4.78, 5) is 0. The van der Waals surface area contributed by atoms with Crippen LogP contribution in [0.25, 0.3) is 0 Å². The maximum Gasteiger partial charge on any atom is 0.169 e. The highest BCUT2D eigenvalue weighted by Crippen LogP contribution is 2.31. The van der Waals surface area contributed by atoms with Gasteiger partial charge in [-0.05, 0) is 46.8 Å².